The molecule has 7 N–H and O–H groups in total. The number of ether oxygens (including phenoxy) is 1. The van der Waals surface area contributed by atoms with Crippen LogP contribution in [0.3, 0.4) is 0 Å². The monoisotopic (exact) mass is 799 g/mol. The number of rotatable bonds is 13. The number of β-lactam (4-membered cyclic amide) rings is 1. The van der Waals surface area contributed by atoms with E-state index in [2.05, 4.69) is 31.5 Å². The predicted octanol–water partition coefficient (Wildman–Crippen LogP) is -2.51. The number of amides is 7. The Kier molecular flexibility index (Phi) is 14.0. The molecule has 0 aliphatic carbocycles. The molecule has 2 aromatic rings. The Labute approximate surface area is 336 Å². The van der Waals surface area contributed by atoms with Crippen molar-refractivity contribution in [2.75, 3.05) is 43.1 Å². The first-order chi connectivity index (χ1) is 25.2. The van der Waals surface area contributed by atoms with Crippen molar-refractivity contribution >= 4 is 106 Å². The number of nitrogens with one attached hydrogen (secondary N) is 3. The van der Waals surface area contributed by atoms with E-state index < -0.39 is 77.8 Å². The molecule has 25 heteroatoms. The molecule has 3 aliphatic rings. The van der Waals surface area contributed by atoms with Crippen molar-refractivity contribution in [3.63, 3.8) is 0 Å². The first-order valence-corrected chi connectivity index (χ1v) is 17.7. The second-order valence-corrected chi connectivity index (χ2v) is 13.6. The van der Waals surface area contributed by atoms with Crippen LogP contribution >= 0.6 is 23.5 Å². The third-order valence-corrected chi connectivity index (χ3v) is 10.6. The van der Waals surface area contributed by atoms with Gasteiger partial charge in [-0.2, -0.15) is 0 Å². The van der Waals surface area contributed by atoms with Crippen molar-refractivity contribution in [1.29, 1.82) is 0 Å². The predicted molar refractivity (Wildman–Crippen MR) is 189 cm³/mol. The Morgan fingerprint density at radius 3 is 2.41 bits per heavy atom. The molecule has 54 heavy (non-hydrogen) atoms. The van der Waals surface area contributed by atoms with Crippen LogP contribution in [-0.4, -0.2) is 178 Å². The topological polar surface area (TPSA) is 302 Å². The Morgan fingerprint density at radius 1 is 1.09 bits per heavy atom. The maximum absolute atomic E-state index is 13.9. The number of fused-ring (bicyclic) bond motifs is 1. The number of hydrogen-bond acceptors (Lipinski definition) is 15. The van der Waals surface area contributed by atoms with Gasteiger partial charge in [-0.1, -0.05) is 23.9 Å². The van der Waals surface area contributed by atoms with Crippen molar-refractivity contribution in [1.82, 2.24) is 45.5 Å². The molecule has 0 saturated carbocycles. The third kappa shape index (κ3) is 9.12. The van der Waals surface area contributed by atoms with Crippen LogP contribution in [0.5, 0.6) is 0 Å². The van der Waals surface area contributed by atoms with E-state index in [1.165, 1.54) is 57.4 Å². The van der Waals surface area contributed by atoms with Crippen molar-refractivity contribution in [2.45, 2.75) is 35.6 Å². The minimum atomic E-state index is -1.55. The molecule has 0 spiro atoms. The van der Waals surface area contributed by atoms with Gasteiger partial charge < -0.3 is 36.2 Å². The summed E-state index contributed by atoms with van der Waals surface area (Å²) in [6, 6.07) is 0.105. The van der Waals surface area contributed by atoms with E-state index in [0.29, 0.717) is 15.6 Å². The quantitative estimate of drug-likeness (QED) is 0.0528. The molecular formula is C29H34N11NaO11S2. The Balaban J connectivity index is 0.00000650. The van der Waals surface area contributed by atoms with Gasteiger partial charge in [0, 0.05) is 43.9 Å². The summed E-state index contributed by atoms with van der Waals surface area (Å²) in [5.74, 6) is -5.94. The number of aryl methyl sites for hydroxylation is 1. The second-order valence-electron chi connectivity index (χ2n) is 11.5. The van der Waals surface area contributed by atoms with Gasteiger partial charge in [-0.3, -0.25) is 39.1 Å². The van der Waals surface area contributed by atoms with Gasteiger partial charge in [-0.05, 0) is 40.6 Å². The zero-order valence-electron chi connectivity index (χ0n) is 28.0. The molecule has 2 saturated heterocycles. The molecular weight excluding hydrogens is 766 g/mol. The molecule has 1 aromatic carbocycles. The van der Waals surface area contributed by atoms with Crippen LogP contribution in [0.15, 0.2) is 40.7 Å². The fraction of sp³-hybridized carbons (Fsp3) is 0.414. The normalized spacial score (nSPS) is 19.2. The van der Waals surface area contributed by atoms with Crippen molar-refractivity contribution in [3.8, 4) is 0 Å². The summed E-state index contributed by atoms with van der Waals surface area (Å²) in [4.78, 5) is 104. The zero-order chi connectivity index (χ0) is 38.6. The summed E-state index contributed by atoms with van der Waals surface area (Å²) in [5.41, 5.74) is 5.82. The minimum absolute atomic E-state index is 0. The van der Waals surface area contributed by atoms with E-state index in [1.54, 1.807) is 14.0 Å². The molecule has 4 heterocycles. The number of aromatic nitrogens is 4. The van der Waals surface area contributed by atoms with Crippen LogP contribution in [0.4, 0.5) is 15.3 Å². The average molecular weight is 800 g/mol. The Hall–Kier alpha value is -4.75. The maximum atomic E-state index is 13.9. The summed E-state index contributed by atoms with van der Waals surface area (Å²) in [5, 5.41) is 37.1. The molecule has 0 bridgehead atoms. The number of carboxylic acid groups (broad SMARTS) is 2. The number of anilines is 1. The Morgan fingerprint density at radius 2 is 1.80 bits per heavy atom. The van der Waals surface area contributed by atoms with Gasteiger partial charge in [0.1, 0.15) is 35.8 Å². The van der Waals surface area contributed by atoms with E-state index in [9.17, 15) is 43.5 Å². The number of carboxylic acids is 2. The van der Waals surface area contributed by atoms with Crippen LogP contribution in [0.25, 0.3) is 0 Å². The van der Waals surface area contributed by atoms with E-state index in [1.807, 2.05) is 0 Å². The van der Waals surface area contributed by atoms with Gasteiger partial charge in [0.2, 0.25) is 11.1 Å². The van der Waals surface area contributed by atoms with E-state index >= 15 is 0 Å². The second kappa shape index (κ2) is 18.1. The first-order valence-electron chi connectivity index (χ1n) is 15.7. The zero-order valence-corrected chi connectivity index (χ0v) is 29.6. The van der Waals surface area contributed by atoms with E-state index in [0.717, 1.165) is 4.90 Å². The van der Waals surface area contributed by atoms with Crippen LogP contribution in [0.1, 0.15) is 18.5 Å². The van der Waals surface area contributed by atoms with Crippen LogP contribution in [0.2, 0.25) is 0 Å². The van der Waals surface area contributed by atoms with E-state index in [-0.39, 0.29) is 77.6 Å². The van der Waals surface area contributed by atoms with Gasteiger partial charge in [-0.25, -0.2) is 19.1 Å². The number of aliphatic carboxylic acids is 2. The Bertz CT molecular complexity index is 1880. The third-order valence-electron chi connectivity index (χ3n) is 8.17. The standard InChI is InChI=1S/C29H33N11O11S2.Na.H/c1-3-38-8-9-39(23(44)22(38)43)27(49)33-17(13-4-6-15(7-5-13)31-29(50)51-10-16(30)25(45)46)20(41)32-18-21(42)40-19(26(47)48)14(11-52-24(18)40)12-53-28-34-35-36-37(28)2;;/h4-7,16-18,24H,3,8-12,30H2,1-2H3,(H,31,50)(H,32,41)(H,33,49)(H,45,46)(H,47,48);;/t16-,17-,18-,24-;;/m1../s1. The SMILES string of the molecule is CCN1CCN(C(=O)N[C@@H](C(=O)N[C@@H]2C(=O)N3C(C(=O)O)=C(CSc4nnnn4C)CS[C@H]23)c2ccc(NC(=O)OC[C@@H](N)C(=O)O)cc2)C(=O)C1=O.[NaH]. The van der Waals surface area contributed by atoms with Crippen molar-refractivity contribution in [3.05, 3.63) is 41.1 Å². The van der Waals surface area contributed by atoms with Gasteiger partial charge in [0.25, 0.3) is 5.91 Å². The summed E-state index contributed by atoms with van der Waals surface area (Å²) in [6.07, 6.45) is -1.02. The molecule has 4 atom stereocenters. The number of piperazine rings is 1. The fourth-order valence-corrected chi connectivity index (χ4v) is 7.68. The number of nitrogens with two attached hydrogens (primary N) is 1. The van der Waals surface area contributed by atoms with Crippen LogP contribution in [-0.2, 0) is 40.6 Å². The molecule has 2 fully saturated rings. The molecule has 0 radical (unpaired) electrons. The summed E-state index contributed by atoms with van der Waals surface area (Å²) < 4.78 is 6.20. The van der Waals surface area contributed by atoms with Crippen LogP contribution < -0.4 is 21.7 Å². The molecule has 7 amide bonds. The molecule has 284 valence electrons. The number of likely N-dealkylation sites (N-methyl/N-ethyl adjacent to an activating group) is 1. The number of benzene rings is 1. The van der Waals surface area contributed by atoms with Crippen LogP contribution in [0, 0.1) is 0 Å². The number of carbonyl (C=O) groups is 8. The summed E-state index contributed by atoms with van der Waals surface area (Å²) in [7, 11) is 1.62. The number of carbonyl (C=O) groups excluding carboxylic acids is 6. The first kappa shape index (κ1) is 42.0. The van der Waals surface area contributed by atoms with Gasteiger partial charge >= 0.3 is 65.4 Å². The number of thioether (sulfide) groups is 2. The van der Waals surface area contributed by atoms with Gasteiger partial charge in [0.15, 0.2) is 0 Å². The number of hydrogen-bond donors (Lipinski definition) is 6. The van der Waals surface area contributed by atoms with Crippen molar-refractivity contribution < 1.29 is 53.3 Å². The fourth-order valence-electron chi connectivity index (χ4n) is 5.35. The van der Waals surface area contributed by atoms with E-state index in [4.69, 9.17) is 15.6 Å². The molecule has 1 aromatic heterocycles. The number of nitrogens with zero attached hydrogens (tertiary/aromatic N) is 7. The molecule has 5 rings (SSSR count). The number of urea groups is 1. The molecule has 0 unspecified atom stereocenters. The van der Waals surface area contributed by atoms with Gasteiger partial charge in [0.05, 0.1) is 0 Å². The number of imide groups is 1. The molecule has 22 nitrogen and oxygen atoms in total. The summed E-state index contributed by atoms with van der Waals surface area (Å²) in [6.45, 7) is 1.23. The van der Waals surface area contributed by atoms with Gasteiger partial charge in [-0.15, -0.1) is 16.9 Å². The molecule has 3 aliphatic heterocycles. The summed E-state index contributed by atoms with van der Waals surface area (Å²) >= 11 is 2.41. The average Bonchev–Trinajstić information content (AvgIpc) is 3.55. The van der Waals surface area contributed by atoms with Crippen molar-refractivity contribution in [2.24, 2.45) is 12.8 Å². The number of tetrazole rings is 1.